The highest BCUT2D eigenvalue weighted by atomic mass is 32.2. The number of nitrogens with zero attached hydrogens (tertiary/aromatic N) is 1. The average Bonchev–Trinajstić information content (AvgIpc) is 2.38. The summed E-state index contributed by atoms with van der Waals surface area (Å²) in [6.45, 7) is 3.62. The summed E-state index contributed by atoms with van der Waals surface area (Å²) in [5.41, 5.74) is 0. The number of hydrogen-bond donors (Lipinski definition) is 2. The second-order valence-electron chi connectivity index (χ2n) is 4.64. The van der Waals surface area contributed by atoms with Crippen LogP contribution in [0.25, 0.3) is 0 Å². The summed E-state index contributed by atoms with van der Waals surface area (Å²) in [6, 6.07) is -0.926. The van der Waals surface area contributed by atoms with Crippen molar-refractivity contribution in [3.05, 3.63) is 0 Å². The lowest BCUT2D eigenvalue weighted by atomic mass is 9.97. The highest BCUT2D eigenvalue weighted by Gasteiger charge is 2.31. The van der Waals surface area contributed by atoms with Crippen LogP contribution in [0.3, 0.4) is 0 Å². The molecule has 0 aromatic carbocycles. The number of aliphatic carboxylic acids is 1. The van der Waals surface area contributed by atoms with Crippen LogP contribution in [0.5, 0.6) is 0 Å². The average molecular weight is 292 g/mol. The number of carboxylic acid groups (broad SMARTS) is 1. The van der Waals surface area contributed by atoms with E-state index in [1.807, 2.05) is 0 Å². The second-order valence-corrected chi connectivity index (χ2v) is 6.90. The molecule has 1 fully saturated rings. The molecule has 0 aromatic rings. The molecule has 2 N–H and O–H groups in total. The zero-order chi connectivity index (χ0) is 14.6. The maximum Gasteiger partial charge on any atom is 0.325 e. The first kappa shape index (κ1) is 15.9. The van der Waals surface area contributed by atoms with Gasteiger partial charge in [-0.15, -0.1) is 0 Å². The molecule has 1 unspecified atom stereocenters. The molecule has 1 aliphatic rings. The maximum atomic E-state index is 11.8. The van der Waals surface area contributed by atoms with Gasteiger partial charge in [0.25, 0.3) is 0 Å². The minimum absolute atomic E-state index is 0.0555. The lowest BCUT2D eigenvalue weighted by Crippen LogP contribution is -2.46. The number of carboxylic acids is 1. The second kappa shape index (κ2) is 6.33. The van der Waals surface area contributed by atoms with E-state index >= 15 is 0 Å². The van der Waals surface area contributed by atoms with Crippen molar-refractivity contribution in [3.63, 3.8) is 0 Å². The summed E-state index contributed by atoms with van der Waals surface area (Å²) in [5, 5.41) is 11.1. The summed E-state index contributed by atoms with van der Waals surface area (Å²) in [6.07, 6.45) is 0.856. The molecule has 0 saturated carbocycles. The fourth-order valence-corrected chi connectivity index (χ4v) is 3.10. The molecular formula is C11H20N2O5S. The Morgan fingerprint density at radius 1 is 1.37 bits per heavy atom. The molecule has 1 rings (SSSR count). The van der Waals surface area contributed by atoms with E-state index in [1.54, 1.807) is 6.92 Å². The summed E-state index contributed by atoms with van der Waals surface area (Å²) in [5.74, 6) is -1.66. The Hall–Kier alpha value is -1.15. The molecule has 0 aromatic heterocycles. The predicted molar refractivity (Wildman–Crippen MR) is 69.0 cm³/mol. The number of piperidine rings is 1. The molecule has 19 heavy (non-hydrogen) atoms. The molecule has 7 nitrogen and oxygen atoms in total. The van der Waals surface area contributed by atoms with Gasteiger partial charge in [0.05, 0.1) is 5.75 Å². The van der Waals surface area contributed by atoms with Crippen LogP contribution >= 0.6 is 0 Å². The van der Waals surface area contributed by atoms with E-state index in [1.165, 1.54) is 11.2 Å². The van der Waals surface area contributed by atoms with Gasteiger partial charge in [-0.3, -0.25) is 9.59 Å². The first-order chi connectivity index (χ1) is 8.77. The minimum atomic E-state index is -3.20. The van der Waals surface area contributed by atoms with E-state index in [2.05, 4.69) is 5.32 Å². The Bertz CT molecular complexity index is 440. The van der Waals surface area contributed by atoms with Crippen LogP contribution in [0.4, 0.5) is 0 Å². The first-order valence-electron chi connectivity index (χ1n) is 6.29. The molecular weight excluding hydrogens is 272 g/mol. The molecule has 8 heteroatoms. The normalized spacial score (nSPS) is 19.9. The van der Waals surface area contributed by atoms with Gasteiger partial charge in [-0.2, -0.15) is 0 Å². The third kappa shape index (κ3) is 4.17. The Kier molecular flexibility index (Phi) is 5.30. The molecule has 1 aliphatic heterocycles. The number of hydrogen-bond acceptors (Lipinski definition) is 4. The van der Waals surface area contributed by atoms with Gasteiger partial charge in [0.15, 0.2) is 0 Å². The van der Waals surface area contributed by atoms with Crippen LogP contribution in [-0.2, 0) is 19.6 Å². The van der Waals surface area contributed by atoms with E-state index in [0.29, 0.717) is 25.9 Å². The zero-order valence-electron chi connectivity index (χ0n) is 11.1. The van der Waals surface area contributed by atoms with Gasteiger partial charge in [0.2, 0.25) is 15.9 Å². The van der Waals surface area contributed by atoms with Crippen molar-refractivity contribution >= 4 is 21.9 Å². The van der Waals surface area contributed by atoms with Gasteiger partial charge in [-0.25, -0.2) is 12.7 Å². The van der Waals surface area contributed by atoms with E-state index < -0.39 is 22.0 Å². The van der Waals surface area contributed by atoms with Crippen molar-refractivity contribution in [3.8, 4) is 0 Å². The monoisotopic (exact) mass is 292 g/mol. The number of sulfonamides is 1. The first-order valence-corrected chi connectivity index (χ1v) is 7.90. The molecule has 0 spiro atoms. The molecule has 1 heterocycles. The van der Waals surface area contributed by atoms with Crippen LogP contribution in [0.2, 0.25) is 0 Å². The zero-order valence-corrected chi connectivity index (χ0v) is 11.9. The summed E-state index contributed by atoms with van der Waals surface area (Å²) in [7, 11) is -3.20. The number of nitrogens with one attached hydrogen (secondary N) is 1. The Labute approximate surface area is 113 Å². The number of carbonyl (C=O) groups is 2. The topological polar surface area (TPSA) is 104 Å². The van der Waals surface area contributed by atoms with Gasteiger partial charge < -0.3 is 10.4 Å². The van der Waals surface area contributed by atoms with E-state index in [4.69, 9.17) is 5.11 Å². The van der Waals surface area contributed by atoms with E-state index in [0.717, 1.165) is 0 Å². The smallest absolute Gasteiger partial charge is 0.325 e. The van der Waals surface area contributed by atoms with Crippen molar-refractivity contribution in [1.29, 1.82) is 0 Å². The minimum Gasteiger partial charge on any atom is -0.480 e. The molecule has 1 saturated heterocycles. The van der Waals surface area contributed by atoms with Crippen molar-refractivity contribution in [2.45, 2.75) is 32.7 Å². The van der Waals surface area contributed by atoms with Crippen molar-refractivity contribution in [2.75, 3.05) is 18.8 Å². The van der Waals surface area contributed by atoms with Gasteiger partial charge in [-0.1, -0.05) is 0 Å². The fraction of sp³-hybridized carbons (Fsp3) is 0.818. The third-order valence-electron chi connectivity index (χ3n) is 3.31. The molecule has 1 amide bonds. The lowest BCUT2D eigenvalue weighted by Gasteiger charge is -2.30. The van der Waals surface area contributed by atoms with Gasteiger partial charge >= 0.3 is 5.97 Å². The predicted octanol–water partition coefficient (Wildman–Crippen LogP) is -0.363. The molecule has 0 bridgehead atoms. The van der Waals surface area contributed by atoms with Crippen LogP contribution in [0, 0.1) is 5.92 Å². The largest absolute Gasteiger partial charge is 0.480 e. The standard InChI is InChI=1S/C11H20N2O5S/c1-3-19(17,18)13-6-4-9(5-7-13)10(14)12-8(2)11(15)16/h8-9H,3-7H2,1-2H3,(H,12,14)(H,15,16). The number of amides is 1. The maximum absolute atomic E-state index is 11.8. The third-order valence-corrected chi connectivity index (χ3v) is 5.19. The SMILES string of the molecule is CCS(=O)(=O)N1CCC(C(=O)NC(C)C(=O)O)CC1. The Morgan fingerprint density at radius 3 is 2.32 bits per heavy atom. The fourth-order valence-electron chi connectivity index (χ4n) is 1.97. The van der Waals surface area contributed by atoms with Gasteiger partial charge in [-0.05, 0) is 26.7 Å². The van der Waals surface area contributed by atoms with Crippen molar-refractivity contribution in [2.24, 2.45) is 5.92 Å². The summed E-state index contributed by atoms with van der Waals surface area (Å²) < 4.78 is 24.7. The summed E-state index contributed by atoms with van der Waals surface area (Å²) in [4.78, 5) is 22.4. The Balaban J connectivity index is 2.50. The molecule has 1 atom stereocenters. The van der Waals surface area contributed by atoms with Crippen LogP contribution in [0.15, 0.2) is 0 Å². The number of rotatable bonds is 5. The Morgan fingerprint density at radius 2 is 1.89 bits per heavy atom. The quantitative estimate of drug-likeness (QED) is 0.720. The van der Waals surface area contributed by atoms with Crippen molar-refractivity contribution in [1.82, 2.24) is 9.62 Å². The van der Waals surface area contributed by atoms with Crippen molar-refractivity contribution < 1.29 is 23.1 Å². The van der Waals surface area contributed by atoms with E-state index in [9.17, 15) is 18.0 Å². The molecule has 110 valence electrons. The number of carbonyl (C=O) groups excluding carboxylic acids is 1. The van der Waals surface area contributed by atoms with Crippen LogP contribution in [0.1, 0.15) is 26.7 Å². The van der Waals surface area contributed by atoms with Gasteiger partial charge in [0, 0.05) is 19.0 Å². The van der Waals surface area contributed by atoms with E-state index in [-0.39, 0.29) is 17.6 Å². The van der Waals surface area contributed by atoms with Gasteiger partial charge in [0.1, 0.15) is 6.04 Å². The highest BCUT2D eigenvalue weighted by molar-refractivity contribution is 7.89. The lowest BCUT2D eigenvalue weighted by molar-refractivity contribution is -0.142. The van der Waals surface area contributed by atoms with Crippen LogP contribution < -0.4 is 5.32 Å². The summed E-state index contributed by atoms with van der Waals surface area (Å²) >= 11 is 0. The van der Waals surface area contributed by atoms with Crippen LogP contribution in [-0.4, -0.2) is 54.6 Å². The highest BCUT2D eigenvalue weighted by Crippen LogP contribution is 2.20. The molecule has 0 radical (unpaired) electrons. The molecule has 0 aliphatic carbocycles.